The standard InChI is InChI=1S/C20H21NO6/c1-11-8-16(14(4)13(3)12(11)2)18(22)10-27-19-7-6-15(20(23)26-5)9-17(19)21(24)25/h6-9H,10H2,1-5H3. The summed E-state index contributed by atoms with van der Waals surface area (Å²) in [5, 5.41) is 11.3. The number of carbonyl (C=O) groups is 2. The van der Waals surface area contributed by atoms with E-state index in [1.165, 1.54) is 19.2 Å². The lowest BCUT2D eigenvalue weighted by Crippen LogP contribution is -2.15. The fourth-order valence-electron chi connectivity index (χ4n) is 2.75. The van der Waals surface area contributed by atoms with Gasteiger partial charge in [-0.1, -0.05) is 0 Å². The van der Waals surface area contributed by atoms with Crippen molar-refractivity contribution in [1.29, 1.82) is 0 Å². The van der Waals surface area contributed by atoms with Crippen LogP contribution in [0.3, 0.4) is 0 Å². The number of rotatable bonds is 6. The number of ketones is 1. The van der Waals surface area contributed by atoms with Gasteiger partial charge in [-0.25, -0.2) is 4.79 Å². The van der Waals surface area contributed by atoms with Crippen LogP contribution >= 0.6 is 0 Å². The van der Waals surface area contributed by atoms with Crippen LogP contribution in [-0.2, 0) is 4.74 Å². The number of Topliss-reactive ketones (excluding diaryl/α,β-unsaturated/α-hetero) is 1. The molecule has 7 nitrogen and oxygen atoms in total. The Morgan fingerprint density at radius 2 is 1.70 bits per heavy atom. The third-order valence-electron chi connectivity index (χ3n) is 4.72. The third kappa shape index (κ3) is 4.13. The van der Waals surface area contributed by atoms with Crippen LogP contribution in [0.2, 0.25) is 0 Å². The Labute approximate surface area is 157 Å². The Kier molecular flexibility index (Phi) is 5.95. The van der Waals surface area contributed by atoms with E-state index < -0.39 is 16.6 Å². The highest BCUT2D eigenvalue weighted by atomic mass is 16.6. The van der Waals surface area contributed by atoms with Crippen LogP contribution in [0, 0.1) is 37.8 Å². The Hall–Kier alpha value is -3.22. The molecule has 0 saturated heterocycles. The van der Waals surface area contributed by atoms with Gasteiger partial charge in [0.25, 0.3) is 0 Å². The number of hydrogen-bond donors (Lipinski definition) is 0. The molecule has 0 saturated carbocycles. The molecule has 0 fully saturated rings. The average molecular weight is 371 g/mol. The molecule has 27 heavy (non-hydrogen) atoms. The molecule has 142 valence electrons. The maximum absolute atomic E-state index is 12.6. The van der Waals surface area contributed by atoms with Crippen molar-refractivity contribution in [2.24, 2.45) is 0 Å². The molecule has 0 N–H and O–H groups in total. The van der Waals surface area contributed by atoms with Crippen LogP contribution in [0.5, 0.6) is 5.75 Å². The number of nitro groups is 1. The van der Waals surface area contributed by atoms with Gasteiger partial charge >= 0.3 is 11.7 Å². The number of nitrogens with zero attached hydrogens (tertiary/aromatic N) is 1. The van der Waals surface area contributed by atoms with Crippen molar-refractivity contribution in [2.75, 3.05) is 13.7 Å². The molecule has 0 aliphatic heterocycles. The predicted molar refractivity (Wildman–Crippen MR) is 99.7 cm³/mol. The first kappa shape index (κ1) is 20.1. The van der Waals surface area contributed by atoms with Crippen LogP contribution in [0.25, 0.3) is 0 Å². The Bertz CT molecular complexity index is 933. The number of hydrogen-bond acceptors (Lipinski definition) is 6. The molecule has 0 atom stereocenters. The normalized spacial score (nSPS) is 10.4. The molecule has 2 aromatic carbocycles. The van der Waals surface area contributed by atoms with E-state index in [1.54, 1.807) is 6.07 Å². The quantitative estimate of drug-likeness (QED) is 0.331. The first-order valence-corrected chi connectivity index (χ1v) is 8.27. The number of nitro benzene ring substituents is 1. The molecule has 0 unspecified atom stereocenters. The van der Waals surface area contributed by atoms with Gasteiger partial charge < -0.3 is 9.47 Å². The van der Waals surface area contributed by atoms with E-state index in [-0.39, 0.29) is 23.7 Å². The minimum atomic E-state index is -0.693. The number of carbonyl (C=O) groups excluding carboxylic acids is 2. The van der Waals surface area contributed by atoms with Crippen molar-refractivity contribution in [3.63, 3.8) is 0 Å². The zero-order valence-electron chi connectivity index (χ0n) is 15.9. The SMILES string of the molecule is COC(=O)c1ccc(OCC(=O)c2cc(C)c(C)c(C)c2C)c([N+](=O)[O-])c1. The number of methoxy groups -OCH3 is 1. The van der Waals surface area contributed by atoms with E-state index in [1.807, 2.05) is 27.7 Å². The molecule has 0 bridgehead atoms. The number of esters is 1. The highest BCUT2D eigenvalue weighted by Gasteiger charge is 2.21. The van der Waals surface area contributed by atoms with Crippen molar-refractivity contribution in [3.05, 3.63) is 67.8 Å². The monoisotopic (exact) mass is 371 g/mol. The number of ether oxygens (including phenoxy) is 2. The van der Waals surface area contributed by atoms with Crippen LogP contribution in [0.4, 0.5) is 5.69 Å². The van der Waals surface area contributed by atoms with Crippen LogP contribution < -0.4 is 4.74 Å². The molecular formula is C20H21NO6. The Morgan fingerprint density at radius 3 is 2.30 bits per heavy atom. The van der Waals surface area contributed by atoms with E-state index >= 15 is 0 Å². The van der Waals surface area contributed by atoms with Gasteiger partial charge in [0.1, 0.15) is 0 Å². The smallest absolute Gasteiger partial charge is 0.338 e. The van der Waals surface area contributed by atoms with Gasteiger partial charge in [0.05, 0.1) is 17.6 Å². The van der Waals surface area contributed by atoms with E-state index in [9.17, 15) is 19.7 Å². The molecule has 0 aliphatic rings. The lowest BCUT2D eigenvalue weighted by Gasteiger charge is -2.14. The minimum Gasteiger partial charge on any atom is -0.478 e. The van der Waals surface area contributed by atoms with Gasteiger partial charge in [-0.2, -0.15) is 0 Å². The molecule has 0 spiro atoms. The summed E-state index contributed by atoms with van der Waals surface area (Å²) in [6, 6.07) is 5.51. The maximum atomic E-state index is 12.6. The summed E-state index contributed by atoms with van der Waals surface area (Å²) in [6.07, 6.45) is 0. The highest BCUT2D eigenvalue weighted by Crippen LogP contribution is 2.29. The zero-order valence-corrected chi connectivity index (χ0v) is 15.9. The van der Waals surface area contributed by atoms with Crippen LogP contribution in [0.1, 0.15) is 43.0 Å². The second-order valence-electron chi connectivity index (χ2n) is 6.26. The highest BCUT2D eigenvalue weighted by molar-refractivity contribution is 5.99. The lowest BCUT2D eigenvalue weighted by molar-refractivity contribution is -0.385. The van der Waals surface area contributed by atoms with Gasteiger partial charge in [0.2, 0.25) is 0 Å². The van der Waals surface area contributed by atoms with Gasteiger partial charge in [0.15, 0.2) is 18.1 Å². The van der Waals surface area contributed by atoms with E-state index in [2.05, 4.69) is 4.74 Å². The Balaban J connectivity index is 2.28. The summed E-state index contributed by atoms with van der Waals surface area (Å²) in [5.41, 5.74) is 4.18. The van der Waals surface area contributed by atoms with Crippen LogP contribution in [0.15, 0.2) is 24.3 Å². The van der Waals surface area contributed by atoms with Crippen molar-refractivity contribution in [3.8, 4) is 5.75 Å². The molecule has 7 heteroatoms. The fourth-order valence-corrected chi connectivity index (χ4v) is 2.75. The second-order valence-corrected chi connectivity index (χ2v) is 6.26. The fraction of sp³-hybridized carbons (Fsp3) is 0.300. The molecule has 2 rings (SSSR count). The number of benzene rings is 2. The van der Waals surface area contributed by atoms with Gasteiger partial charge in [-0.3, -0.25) is 14.9 Å². The van der Waals surface area contributed by atoms with E-state index in [4.69, 9.17) is 4.74 Å². The zero-order chi connectivity index (χ0) is 20.3. The lowest BCUT2D eigenvalue weighted by atomic mass is 9.93. The predicted octanol–water partition coefficient (Wildman–Crippen LogP) is 3.88. The molecule has 0 aromatic heterocycles. The van der Waals surface area contributed by atoms with Crippen molar-refractivity contribution < 1.29 is 24.0 Å². The van der Waals surface area contributed by atoms with Gasteiger partial charge in [-0.05, 0) is 68.1 Å². The molecule has 0 radical (unpaired) electrons. The Morgan fingerprint density at radius 1 is 1.04 bits per heavy atom. The van der Waals surface area contributed by atoms with Crippen molar-refractivity contribution >= 4 is 17.4 Å². The largest absolute Gasteiger partial charge is 0.478 e. The number of aryl methyl sites for hydroxylation is 1. The van der Waals surface area contributed by atoms with Crippen molar-refractivity contribution in [1.82, 2.24) is 0 Å². The van der Waals surface area contributed by atoms with Crippen molar-refractivity contribution in [2.45, 2.75) is 27.7 Å². The summed E-state index contributed by atoms with van der Waals surface area (Å²) in [5.74, 6) is -1.05. The van der Waals surface area contributed by atoms with Gasteiger partial charge in [0, 0.05) is 11.6 Å². The molecule has 2 aromatic rings. The summed E-state index contributed by atoms with van der Waals surface area (Å²) in [7, 11) is 1.19. The second kappa shape index (κ2) is 7.99. The molecule has 0 heterocycles. The van der Waals surface area contributed by atoms with E-state index in [0.29, 0.717) is 5.56 Å². The molecular weight excluding hydrogens is 350 g/mol. The summed E-state index contributed by atoms with van der Waals surface area (Å²) in [6.45, 7) is 7.39. The van der Waals surface area contributed by atoms with E-state index in [0.717, 1.165) is 28.3 Å². The summed E-state index contributed by atoms with van der Waals surface area (Å²) in [4.78, 5) is 34.7. The molecule has 0 amide bonds. The summed E-state index contributed by atoms with van der Waals surface area (Å²) >= 11 is 0. The average Bonchev–Trinajstić information content (AvgIpc) is 2.66. The summed E-state index contributed by atoms with van der Waals surface area (Å²) < 4.78 is 9.96. The minimum absolute atomic E-state index is 0.0310. The molecule has 0 aliphatic carbocycles. The first-order chi connectivity index (χ1) is 12.7. The maximum Gasteiger partial charge on any atom is 0.338 e. The third-order valence-corrected chi connectivity index (χ3v) is 4.72. The first-order valence-electron chi connectivity index (χ1n) is 8.27. The van der Waals surface area contributed by atoms with Gasteiger partial charge in [-0.15, -0.1) is 0 Å². The van der Waals surface area contributed by atoms with Crippen LogP contribution in [-0.4, -0.2) is 30.4 Å². The topological polar surface area (TPSA) is 95.7 Å².